The van der Waals surface area contributed by atoms with E-state index in [1.807, 2.05) is 19.9 Å². The Morgan fingerprint density at radius 1 is 1.45 bits per heavy atom. The van der Waals surface area contributed by atoms with Gasteiger partial charge in [-0.05, 0) is 44.0 Å². The topological polar surface area (TPSA) is 78.9 Å². The van der Waals surface area contributed by atoms with Gasteiger partial charge in [0.2, 0.25) is 0 Å². The third kappa shape index (κ3) is 2.16. The van der Waals surface area contributed by atoms with Crippen LogP contribution >= 0.6 is 0 Å². The van der Waals surface area contributed by atoms with Gasteiger partial charge in [0.05, 0.1) is 22.5 Å². The van der Waals surface area contributed by atoms with Crippen molar-refractivity contribution in [2.45, 2.75) is 27.2 Å². The Hall–Kier alpha value is -2.61. The van der Waals surface area contributed by atoms with Gasteiger partial charge in [-0.2, -0.15) is 10.4 Å². The number of carbonyl (C=O) groups is 1. The zero-order valence-electron chi connectivity index (χ0n) is 11.6. The molecule has 1 aromatic carbocycles. The van der Waals surface area contributed by atoms with Gasteiger partial charge >= 0.3 is 5.97 Å². The van der Waals surface area contributed by atoms with Gasteiger partial charge in [0.15, 0.2) is 0 Å². The Morgan fingerprint density at radius 2 is 2.15 bits per heavy atom. The van der Waals surface area contributed by atoms with Crippen LogP contribution in [-0.4, -0.2) is 20.9 Å². The molecule has 2 aromatic rings. The quantitative estimate of drug-likeness (QED) is 0.928. The minimum Gasteiger partial charge on any atom is -0.478 e. The molecule has 1 N–H and O–H groups in total. The molecule has 0 amide bonds. The summed E-state index contributed by atoms with van der Waals surface area (Å²) in [5.74, 6) is -1.05. The first kappa shape index (κ1) is 13.8. The number of carboxylic acid groups (broad SMARTS) is 1. The highest BCUT2D eigenvalue weighted by Crippen LogP contribution is 2.21. The van der Waals surface area contributed by atoms with E-state index in [0.717, 1.165) is 23.4 Å². The number of carboxylic acids is 1. The number of aromatic carboxylic acids is 1. The summed E-state index contributed by atoms with van der Waals surface area (Å²) < 4.78 is 1.71. The average molecular weight is 269 g/mol. The van der Waals surface area contributed by atoms with Gasteiger partial charge < -0.3 is 5.11 Å². The summed E-state index contributed by atoms with van der Waals surface area (Å²) in [5.41, 5.74) is 4.07. The zero-order valence-corrected chi connectivity index (χ0v) is 11.6. The molecule has 0 saturated carbocycles. The number of hydrogen-bond donors (Lipinski definition) is 1. The van der Waals surface area contributed by atoms with Gasteiger partial charge in [0.25, 0.3) is 0 Å². The third-order valence-electron chi connectivity index (χ3n) is 3.39. The van der Waals surface area contributed by atoms with E-state index in [9.17, 15) is 10.1 Å². The molecule has 0 spiro atoms. The molecule has 0 aliphatic carbocycles. The molecular formula is C15H15N3O2. The monoisotopic (exact) mass is 269 g/mol. The van der Waals surface area contributed by atoms with E-state index < -0.39 is 5.97 Å². The highest BCUT2D eigenvalue weighted by Gasteiger charge is 2.15. The summed E-state index contributed by atoms with van der Waals surface area (Å²) >= 11 is 0. The Kier molecular flexibility index (Phi) is 3.57. The lowest BCUT2D eigenvalue weighted by molar-refractivity contribution is 0.0697. The summed E-state index contributed by atoms with van der Waals surface area (Å²) in [6, 6.07) is 6.53. The first-order chi connectivity index (χ1) is 9.49. The second kappa shape index (κ2) is 5.17. The number of nitrogens with zero attached hydrogens (tertiary/aromatic N) is 3. The molecule has 5 nitrogen and oxygen atoms in total. The van der Waals surface area contributed by atoms with Crippen LogP contribution in [0.3, 0.4) is 0 Å². The molecule has 5 heteroatoms. The molecule has 0 aliphatic heterocycles. The van der Waals surface area contributed by atoms with Crippen molar-refractivity contribution >= 4 is 5.97 Å². The van der Waals surface area contributed by atoms with Crippen molar-refractivity contribution in [3.05, 3.63) is 46.3 Å². The smallest absolute Gasteiger partial charge is 0.335 e. The summed E-state index contributed by atoms with van der Waals surface area (Å²) in [6.45, 7) is 5.94. The largest absolute Gasteiger partial charge is 0.478 e. The van der Waals surface area contributed by atoms with E-state index in [1.54, 1.807) is 10.7 Å². The number of hydrogen-bond acceptors (Lipinski definition) is 3. The fourth-order valence-electron chi connectivity index (χ4n) is 2.36. The Morgan fingerprint density at radius 3 is 2.65 bits per heavy atom. The third-order valence-corrected chi connectivity index (χ3v) is 3.39. The van der Waals surface area contributed by atoms with E-state index in [0.29, 0.717) is 11.3 Å². The lowest BCUT2D eigenvalue weighted by atomic mass is 10.1. The first-order valence-corrected chi connectivity index (χ1v) is 6.32. The van der Waals surface area contributed by atoms with E-state index in [-0.39, 0.29) is 5.56 Å². The van der Waals surface area contributed by atoms with Crippen LogP contribution in [0.15, 0.2) is 18.2 Å². The van der Waals surface area contributed by atoms with Crippen molar-refractivity contribution in [3.63, 3.8) is 0 Å². The van der Waals surface area contributed by atoms with Crippen LogP contribution in [0, 0.1) is 25.2 Å². The highest BCUT2D eigenvalue weighted by atomic mass is 16.4. The number of aromatic nitrogens is 2. The van der Waals surface area contributed by atoms with E-state index >= 15 is 0 Å². The molecule has 0 aliphatic rings. The molecule has 0 saturated heterocycles. The standard InChI is InChI=1S/C15H15N3O2/c1-4-13-9(2)17-18(10(13)3)14-6-5-11(15(19)20)7-12(14)8-16/h5-7H,4H2,1-3H3,(H,19,20). The number of rotatable bonds is 3. The molecule has 0 bridgehead atoms. The van der Waals surface area contributed by atoms with Crippen LogP contribution in [0.25, 0.3) is 5.69 Å². The number of aryl methyl sites for hydroxylation is 1. The molecule has 1 heterocycles. The number of benzene rings is 1. The van der Waals surface area contributed by atoms with Crippen LogP contribution in [-0.2, 0) is 6.42 Å². The van der Waals surface area contributed by atoms with E-state index in [2.05, 4.69) is 12.0 Å². The minimum atomic E-state index is -1.05. The van der Waals surface area contributed by atoms with Gasteiger partial charge in [0, 0.05) is 5.69 Å². The van der Waals surface area contributed by atoms with Crippen molar-refractivity contribution in [1.29, 1.82) is 5.26 Å². The SMILES string of the molecule is CCc1c(C)nn(-c2ccc(C(=O)O)cc2C#N)c1C. The molecule has 102 valence electrons. The Labute approximate surface area is 117 Å². The lowest BCUT2D eigenvalue weighted by Crippen LogP contribution is -2.05. The van der Waals surface area contributed by atoms with Crippen molar-refractivity contribution in [2.75, 3.05) is 0 Å². The second-order valence-corrected chi connectivity index (χ2v) is 4.56. The molecule has 20 heavy (non-hydrogen) atoms. The minimum absolute atomic E-state index is 0.0996. The summed E-state index contributed by atoms with van der Waals surface area (Å²) in [4.78, 5) is 11.0. The molecule has 0 unspecified atom stereocenters. The molecule has 2 rings (SSSR count). The van der Waals surface area contributed by atoms with Crippen molar-refractivity contribution < 1.29 is 9.90 Å². The Balaban J connectivity index is 2.65. The van der Waals surface area contributed by atoms with Crippen LogP contribution in [0.4, 0.5) is 0 Å². The molecule has 0 fully saturated rings. The summed E-state index contributed by atoms with van der Waals surface area (Å²) in [5, 5.41) is 22.7. The molecular weight excluding hydrogens is 254 g/mol. The first-order valence-electron chi connectivity index (χ1n) is 6.32. The highest BCUT2D eigenvalue weighted by molar-refractivity contribution is 5.88. The summed E-state index contributed by atoms with van der Waals surface area (Å²) in [6.07, 6.45) is 0.868. The fraction of sp³-hybridized carbons (Fsp3) is 0.267. The van der Waals surface area contributed by atoms with Crippen LogP contribution in [0.5, 0.6) is 0 Å². The second-order valence-electron chi connectivity index (χ2n) is 4.56. The molecule has 1 aromatic heterocycles. The van der Waals surface area contributed by atoms with Crippen LogP contribution in [0.1, 0.15) is 39.8 Å². The maximum atomic E-state index is 11.0. The maximum absolute atomic E-state index is 11.0. The van der Waals surface area contributed by atoms with Crippen molar-refractivity contribution in [2.24, 2.45) is 0 Å². The van der Waals surface area contributed by atoms with Crippen molar-refractivity contribution in [3.8, 4) is 11.8 Å². The zero-order chi connectivity index (χ0) is 14.9. The normalized spacial score (nSPS) is 10.3. The van der Waals surface area contributed by atoms with E-state index in [1.165, 1.54) is 12.1 Å². The van der Waals surface area contributed by atoms with Crippen LogP contribution < -0.4 is 0 Å². The molecule has 0 atom stereocenters. The maximum Gasteiger partial charge on any atom is 0.335 e. The van der Waals surface area contributed by atoms with E-state index in [4.69, 9.17) is 5.11 Å². The number of nitriles is 1. The van der Waals surface area contributed by atoms with Gasteiger partial charge in [-0.25, -0.2) is 9.48 Å². The average Bonchev–Trinajstić information content (AvgIpc) is 2.72. The van der Waals surface area contributed by atoms with Crippen LogP contribution in [0.2, 0.25) is 0 Å². The Bertz CT molecular complexity index is 723. The van der Waals surface area contributed by atoms with Gasteiger partial charge in [0.1, 0.15) is 6.07 Å². The van der Waals surface area contributed by atoms with Gasteiger partial charge in [-0.15, -0.1) is 0 Å². The van der Waals surface area contributed by atoms with Gasteiger partial charge in [-0.3, -0.25) is 0 Å². The van der Waals surface area contributed by atoms with Gasteiger partial charge in [-0.1, -0.05) is 6.92 Å². The lowest BCUT2D eigenvalue weighted by Gasteiger charge is -2.08. The summed E-state index contributed by atoms with van der Waals surface area (Å²) in [7, 11) is 0. The van der Waals surface area contributed by atoms with Crippen molar-refractivity contribution in [1.82, 2.24) is 9.78 Å². The predicted octanol–water partition coefficient (Wildman–Crippen LogP) is 2.62. The molecule has 0 radical (unpaired) electrons. The fourth-order valence-corrected chi connectivity index (χ4v) is 2.36. The predicted molar refractivity (Wildman–Crippen MR) is 74.1 cm³/mol.